The lowest BCUT2D eigenvalue weighted by atomic mass is 10.1. The highest BCUT2D eigenvalue weighted by Crippen LogP contribution is 2.22. The average molecular weight is 309 g/mol. The number of aryl methyl sites for hydroxylation is 1. The molecule has 0 bridgehead atoms. The number of hydrogen-bond acceptors (Lipinski definition) is 3. The van der Waals surface area contributed by atoms with Crippen LogP contribution in [0, 0.1) is 6.92 Å². The fraction of sp³-hybridized carbons (Fsp3) is 0.368. The van der Waals surface area contributed by atoms with Crippen molar-refractivity contribution in [3.63, 3.8) is 0 Å². The van der Waals surface area contributed by atoms with Crippen LogP contribution in [0.2, 0.25) is 0 Å². The van der Waals surface area contributed by atoms with Gasteiger partial charge in [0.15, 0.2) is 0 Å². The van der Waals surface area contributed by atoms with Gasteiger partial charge in [-0.25, -0.2) is 4.98 Å². The van der Waals surface area contributed by atoms with Crippen molar-refractivity contribution in [2.45, 2.75) is 45.1 Å². The highest BCUT2D eigenvalue weighted by molar-refractivity contribution is 5.91. The van der Waals surface area contributed by atoms with Crippen molar-refractivity contribution in [3.8, 4) is 0 Å². The maximum atomic E-state index is 12.1. The monoisotopic (exact) mass is 309 g/mol. The fourth-order valence-corrected chi connectivity index (χ4v) is 3.03. The Hall–Kier alpha value is -2.36. The minimum Gasteiger partial charge on any atom is -0.381 e. The average Bonchev–Trinajstić information content (AvgIpc) is 3.04. The van der Waals surface area contributed by atoms with Gasteiger partial charge in [0.2, 0.25) is 5.91 Å². The van der Waals surface area contributed by atoms with Crippen molar-refractivity contribution in [2.24, 2.45) is 0 Å². The van der Waals surface area contributed by atoms with E-state index in [-0.39, 0.29) is 5.91 Å². The number of aromatic nitrogens is 1. The summed E-state index contributed by atoms with van der Waals surface area (Å²) >= 11 is 0. The molecule has 1 amide bonds. The van der Waals surface area contributed by atoms with E-state index < -0.39 is 0 Å². The van der Waals surface area contributed by atoms with Crippen LogP contribution in [-0.4, -0.2) is 16.9 Å². The van der Waals surface area contributed by atoms with E-state index in [2.05, 4.69) is 15.6 Å². The number of nitrogens with zero attached hydrogens (tertiary/aromatic N) is 1. The lowest BCUT2D eigenvalue weighted by molar-refractivity contribution is -0.115. The summed E-state index contributed by atoms with van der Waals surface area (Å²) in [7, 11) is 0. The number of anilines is 2. The third kappa shape index (κ3) is 4.31. The van der Waals surface area contributed by atoms with Gasteiger partial charge in [-0.3, -0.25) is 4.79 Å². The van der Waals surface area contributed by atoms with E-state index in [1.165, 1.54) is 25.7 Å². The molecule has 2 N–H and O–H groups in total. The van der Waals surface area contributed by atoms with E-state index in [0.29, 0.717) is 18.3 Å². The molecular weight excluding hydrogens is 286 g/mol. The van der Waals surface area contributed by atoms with E-state index in [1.807, 2.05) is 43.3 Å². The summed E-state index contributed by atoms with van der Waals surface area (Å²) in [4.78, 5) is 16.5. The molecule has 0 spiro atoms. The number of nitrogens with one attached hydrogen (secondary N) is 2. The summed E-state index contributed by atoms with van der Waals surface area (Å²) < 4.78 is 0. The van der Waals surface area contributed by atoms with Crippen LogP contribution in [0.3, 0.4) is 0 Å². The SMILES string of the molecule is Cc1ccccc1CC(=O)Nc1ccc(NC2CCCC2)cn1. The smallest absolute Gasteiger partial charge is 0.229 e. The zero-order valence-electron chi connectivity index (χ0n) is 13.5. The van der Waals surface area contributed by atoms with Crippen LogP contribution in [0.5, 0.6) is 0 Å². The second kappa shape index (κ2) is 7.27. The Morgan fingerprint density at radius 1 is 1.17 bits per heavy atom. The number of carbonyl (C=O) groups excluding carboxylic acids is 1. The molecule has 23 heavy (non-hydrogen) atoms. The number of pyridine rings is 1. The van der Waals surface area contributed by atoms with Crippen LogP contribution in [0.25, 0.3) is 0 Å². The molecule has 1 aliphatic carbocycles. The van der Waals surface area contributed by atoms with Gasteiger partial charge in [-0.2, -0.15) is 0 Å². The van der Waals surface area contributed by atoms with Gasteiger partial charge >= 0.3 is 0 Å². The molecule has 0 saturated heterocycles. The van der Waals surface area contributed by atoms with Gasteiger partial charge in [0.25, 0.3) is 0 Å². The van der Waals surface area contributed by atoms with Gasteiger partial charge < -0.3 is 10.6 Å². The molecule has 1 saturated carbocycles. The Morgan fingerprint density at radius 3 is 2.65 bits per heavy atom. The van der Waals surface area contributed by atoms with E-state index in [0.717, 1.165) is 16.8 Å². The summed E-state index contributed by atoms with van der Waals surface area (Å²) in [5.74, 6) is 0.559. The Kier molecular flexibility index (Phi) is 4.91. The molecule has 4 nitrogen and oxygen atoms in total. The minimum absolute atomic E-state index is 0.0386. The second-order valence-electron chi connectivity index (χ2n) is 6.21. The number of amides is 1. The molecule has 0 aliphatic heterocycles. The molecule has 1 fully saturated rings. The molecule has 1 aromatic heterocycles. The minimum atomic E-state index is -0.0386. The summed E-state index contributed by atoms with van der Waals surface area (Å²) in [5.41, 5.74) is 3.20. The van der Waals surface area contributed by atoms with Gasteiger partial charge in [0.1, 0.15) is 5.82 Å². The van der Waals surface area contributed by atoms with Crippen molar-refractivity contribution in [2.75, 3.05) is 10.6 Å². The maximum Gasteiger partial charge on any atom is 0.229 e. The zero-order chi connectivity index (χ0) is 16.1. The molecule has 1 heterocycles. The summed E-state index contributed by atoms with van der Waals surface area (Å²) in [6.07, 6.45) is 7.23. The van der Waals surface area contributed by atoms with E-state index in [4.69, 9.17) is 0 Å². The molecule has 4 heteroatoms. The zero-order valence-corrected chi connectivity index (χ0v) is 13.5. The third-order valence-electron chi connectivity index (χ3n) is 4.37. The molecule has 120 valence electrons. The molecule has 0 radical (unpaired) electrons. The van der Waals surface area contributed by atoms with Crippen LogP contribution in [0.15, 0.2) is 42.6 Å². The Bertz CT molecular complexity index is 661. The molecule has 0 unspecified atom stereocenters. The van der Waals surface area contributed by atoms with Crippen molar-refractivity contribution in [1.29, 1.82) is 0 Å². The van der Waals surface area contributed by atoms with Crippen molar-refractivity contribution in [1.82, 2.24) is 4.98 Å². The molecule has 1 aliphatic rings. The topological polar surface area (TPSA) is 54.0 Å². The Labute approximate surface area is 137 Å². The Morgan fingerprint density at radius 2 is 1.96 bits per heavy atom. The first-order valence-electron chi connectivity index (χ1n) is 8.27. The highest BCUT2D eigenvalue weighted by Gasteiger charge is 2.14. The number of hydrogen-bond donors (Lipinski definition) is 2. The third-order valence-corrected chi connectivity index (χ3v) is 4.37. The lowest BCUT2D eigenvalue weighted by Gasteiger charge is -2.13. The van der Waals surface area contributed by atoms with Gasteiger partial charge in [-0.15, -0.1) is 0 Å². The molecular formula is C19H23N3O. The van der Waals surface area contributed by atoms with Crippen molar-refractivity contribution in [3.05, 3.63) is 53.7 Å². The number of rotatable bonds is 5. The van der Waals surface area contributed by atoms with Gasteiger partial charge in [0, 0.05) is 6.04 Å². The fourth-order valence-electron chi connectivity index (χ4n) is 3.03. The van der Waals surface area contributed by atoms with Crippen LogP contribution in [-0.2, 0) is 11.2 Å². The van der Waals surface area contributed by atoms with Gasteiger partial charge in [-0.05, 0) is 43.0 Å². The first kappa shape index (κ1) is 15.5. The summed E-state index contributed by atoms with van der Waals surface area (Å²) in [6, 6.07) is 12.3. The van der Waals surface area contributed by atoms with Gasteiger partial charge in [0.05, 0.1) is 18.3 Å². The lowest BCUT2D eigenvalue weighted by Crippen LogP contribution is -2.17. The van der Waals surface area contributed by atoms with Crippen molar-refractivity contribution < 1.29 is 4.79 Å². The van der Waals surface area contributed by atoms with E-state index >= 15 is 0 Å². The van der Waals surface area contributed by atoms with Crippen LogP contribution in [0.1, 0.15) is 36.8 Å². The summed E-state index contributed by atoms with van der Waals surface area (Å²) in [6.45, 7) is 2.02. The quantitative estimate of drug-likeness (QED) is 0.880. The number of carbonyl (C=O) groups is 1. The molecule has 2 aromatic rings. The summed E-state index contributed by atoms with van der Waals surface area (Å²) in [5, 5.41) is 6.35. The largest absolute Gasteiger partial charge is 0.381 e. The van der Waals surface area contributed by atoms with Crippen LogP contribution in [0.4, 0.5) is 11.5 Å². The highest BCUT2D eigenvalue weighted by atomic mass is 16.1. The maximum absolute atomic E-state index is 12.1. The van der Waals surface area contributed by atoms with Crippen LogP contribution < -0.4 is 10.6 Å². The first-order chi connectivity index (χ1) is 11.2. The second-order valence-corrected chi connectivity index (χ2v) is 6.21. The van der Waals surface area contributed by atoms with Crippen LogP contribution >= 0.6 is 0 Å². The normalized spacial score (nSPS) is 14.7. The predicted octanol–water partition coefficient (Wildman–Crippen LogP) is 3.93. The van der Waals surface area contributed by atoms with E-state index in [9.17, 15) is 4.79 Å². The van der Waals surface area contributed by atoms with Crippen molar-refractivity contribution >= 4 is 17.4 Å². The predicted molar refractivity (Wildman–Crippen MR) is 93.6 cm³/mol. The van der Waals surface area contributed by atoms with E-state index in [1.54, 1.807) is 6.20 Å². The first-order valence-corrected chi connectivity index (χ1v) is 8.27. The number of benzene rings is 1. The molecule has 3 rings (SSSR count). The molecule has 0 atom stereocenters. The Balaban J connectivity index is 1.55. The molecule has 1 aromatic carbocycles. The standard InChI is InChI=1S/C19H23N3O/c1-14-6-2-3-7-15(14)12-19(23)22-18-11-10-17(13-20-18)21-16-8-4-5-9-16/h2-3,6-7,10-11,13,16,21H,4-5,8-9,12H2,1H3,(H,20,22,23). The van der Waals surface area contributed by atoms with Gasteiger partial charge in [-0.1, -0.05) is 37.1 Å².